The molecule has 0 heterocycles. The summed E-state index contributed by atoms with van der Waals surface area (Å²) in [6.07, 6.45) is 0. The summed E-state index contributed by atoms with van der Waals surface area (Å²) in [4.78, 5) is 35.3. The van der Waals surface area contributed by atoms with Crippen molar-refractivity contribution in [1.29, 1.82) is 0 Å². The molecule has 3 aromatic rings. The minimum Gasteiger partial charge on any atom is -0.482 e. The van der Waals surface area contributed by atoms with Crippen molar-refractivity contribution in [2.75, 3.05) is 13.2 Å². The molecule has 0 aliphatic carbocycles. The molecular formula is C24H23NO5. The summed E-state index contributed by atoms with van der Waals surface area (Å²) in [6, 6.07) is 20.1. The van der Waals surface area contributed by atoms with E-state index in [-0.39, 0.29) is 25.0 Å². The average Bonchev–Trinajstić information content (AvgIpc) is 2.76. The monoisotopic (exact) mass is 405 g/mol. The Morgan fingerprint density at radius 2 is 1.60 bits per heavy atom. The Morgan fingerprint density at radius 1 is 0.900 bits per heavy atom. The molecule has 6 heteroatoms. The quantitative estimate of drug-likeness (QED) is 0.455. The lowest BCUT2D eigenvalue weighted by Crippen LogP contribution is -2.32. The fraction of sp³-hybridized carbons (Fsp3) is 0.208. The van der Waals surface area contributed by atoms with Gasteiger partial charge in [0.1, 0.15) is 5.75 Å². The Labute approximate surface area is 174 Å². The van der Waals surface area contributed by atoms with Gasteiger partial charge in [0.05, 0.1) is 6.04 Å². The molecule has 0 radical (unpaired) electrons. The minimum atomic E-state index is -0.654. The SMILES string of the molecule is CC(=O)c1ccc(OCC(=O)OCC(=O)N[C@@H](C)c2cccc3ccccc23)cc1. The van der Waals surface area contributed by atoms with Crippen LogP contribution in [0.3, 0.4) is 0 Å². The third-order valence-electron chi connectivity index (χ3n) is 4.65. The molecule has 0 aliphatic heterocycles. The third-order valence-corrected chi connectivity index (χ3v) is 4.65. The lowest BCUT2D eigenvalue weighted by atomic mass is 10.00. The van der Waals surface area contributed by atoms with Gasteiger partial charge in [0.2, 0.25) is 0 Å². The maximum Gasteiger partial charge on any atom is 0.344 e. The van der Waals surface area contributed by atoms with E-state index in [9.17, 15) is 14.4 Å². The zero-order valence-electron chi connectivity index (χ0n) is 16.9. The van der Waals surface area contributed by atoms with Gasteiger partial charge in [0.25, 0.3) is 5.91 Å². The Morgan fingerprint density at radius 3 is 2.33 bits per heavy atom. The standard InChI is InChI=1S/C24H23NO5/c1-16(21-9-5-7-19-6-3-4-8-22(19)21)25-23(27)14-30-24(28)15-29-20-12-10-18(11-13-20)17(2)26/h3-13,16H,14-15H2,1-2H3,(H,25,27)/t16-/m0/s1. The van der Waals surface area contributed by atoms with E-state index in [1.54, 1.807) is 24.3 Å². The van der Waals surface area contributed by atoms with Crippen LogP contribution in [0.25, 0.3) is 10.8 Å². The number of hydrogen-bond donors (Lipinski definition) is 1. The van der Waals surface area contributed by atoms with Crippen LogP contribution in [0, 0.1) is 0 Å². The summed E-state index contributed by atoms with van der Waals surface area (Å²) < 4.78 is 10.3. The average molecular weight is 405 g/mol. The lowest BCUT2D eigenvalue weighted by Gasteiger charge is -2.16. The van der Waals surface area contributed by atoms with E-state index in [1.165, 1.54) is 6.92 Å². The van der Waals surface area contributed by atoms with E-state index >= 15 is 0 Å². The summed E-state index contributed by atoms with van der Waals surface area (Å²) in [5.41, 5.74) is 1.55. The molecule has 3 aromatic carbocycles. The number of Topliss-reactive ketones (excluding diaryl/α,β-unsaturated/α-hetero) is 1. The van der Waals surface area contributed by atoms with E-state index in [0.29, 0.717) is 11.3 Å². The zero-order valence-corrected chi connectivity index (χ0v) is 16.9. The number of hydrogen-bond acceptors (Lipinski definition) is 5. The Bertz CT molecular complexity index is 1050. The number of fused-ring (bicyclic) bond motifs is 1. The van der Waals surface area contributed by atoms with E-state index in [2.05, 4.69) is 5.32 Å². The minimum absolute atomic E-state index is 0.0512. The van der Waals surface area contributed by atoms with Crippen molar-refractivity contribution in [2.45, 2.75) is 19.9 Å². The summed E-state index contributed by atoms with van der Waals surface area (Å²) in [7, 11) is 0. The molecule has 0 bridgehead atoms. The Hall–Kier alpha value is -3.67. The van der Waals surface area contributed by atoms with Gasteiger partial charge in [0, 0.05) is 5.56 Å². The first-order valence-electron chi connectivity index (χ1n) is 9.60. The van der Waals surface area contributed by atoms with Crippen LogP contribution in [0.5, 0.6) is 5.75 Å². The normalized spacial score (nSPS) is 11.5. The first-order valence-corrected chi connectivity index (χ1v) is 9.60. The van der Waals surface area contributed by atoms with Gasteiger partial charge >= 0.3 is 5.97 Å². The van der Waals surface area contributed by atoms with E-state index in [4.69, 9.17) is 9.47 Å². The topological polar surface area (TPSA) is 81.7 Å². The van der Waals surface area contributed by atoms with Gasteiger partial charge < -0.3 is 14.8 Å². The number of rotatable bonds is 8. The van der Waals surface area contributed by atoms with Crippen molar-refractivity contribution >= 4 is 28.4 Å². The maximum atomic E-state index is 12.2. The van der Waals surface area contributed by atoms with Crippen LogP contribution in [0.4, 0.5) is 0 Å². The van der Waals surface area contributed by atoms with Crippen molar-refractivity contribution in [3.05, 3.63) is 77.9 Å². The molecule has 1 amide bonds. The number of carbonyl (C=O) groups is 3. The van der Waals surface area contributed by atoms with Crippen molar-refractivity contribution in [1.82, 2.24) is 5.32 Å². The molecule has 1 atom stereocenters. The van der Waals surface area contributed by atoms with E-state index < -0.39 is 11.9 Å². The molecule has 0 aliphatic rings. The maximum absolute atomic E-state index is 12.2. The van der Waals surface area contributed by atoms with Crippen molar-refractivity contribution in [3.8, 4) is 5.75 Å². The van der Waals surface area contributed by atoms with Crippen molar-refractivity contribution in [2.24, 2.45) is 0 Å². The molecule has 0 fully saturated rings. The molecular weight excluding hydrogens is 382 g/mol. The largest absolute Gasteiger partial charge is 0.482 e. The third kappa shape index (κ3) is 5.44. The van der Waals surface area contributed by atoms with Gasteiger partial charge in [-0.3, -0.25) is 9.59 Å². The molecule has 30 heavy (non-hydrogen) atoms. The second-order valence-electron chi connectivity index (χ2n) is 6.89. The molecule has 6 nitrogen and oxygen atoms in total. The van der Waals surface area contributed by atoms with Crippen molar-refractivity contribution in [3.63, 3.8) is 0 Å². The molecule has 3 rings (SSSR count). The molecule has 0 saturated carbocycles. The van der Waals surface area contributed by atoms with E-state index in [0.717, 1.165) is 16.3 Å². The first-order chi connectivity index (χ1) is 14.4. The second-order valence-corrected chi connectivity index (χ2v) is 6.89. The van der Waals surface area contributed by atoms with Gasteiger partial charge in [0.15, 0.2) is 19.0 Å². The molecule has 0 aromatic heterocycles. The van der Waals surface area contributed by atoms with Gasteiger partial charge in [-0.05, 0) is 54.4 Å². The van der Waals surface area contributed by atoms with Crippen LogP contribution < -0.4 is 10.1 Å². The van der Waals surface area contributed by atoms with Crippen LogP contribution in [-0.2, 0) is 14.3 Å². The van der Waals surface area contributed by atoms with Crippen LogP contribution in [0.2, 0.25) is 0 Å². The molecule has 0 saturated heterocycles. The fourth-order valence-electron chi connectivity index (χ4n) is 3.10. The summed E-state index contributed by atoms with van der Waals surface area (Å²) >= 11 is 0. The van der Waals surface area contributed by atoms with Crippen LogP contribution in [0.15, 0.2) is 66.7 Å². The smallest absolute Gasteiger partial charge is 0.344 e. The predicted octanol–water partition coefficient (Wildman–Crippen LogP) is 3.84. The summed E-state index contributed by atoms with van der Waals surface area (Å²) in [6.45, 7) is 2.64. The zero-order chi connectivity index (χ0) is 21.5. The number of benzene rings is 3. The van der Waals surface area contributed by atoms with Gasteiger partial charge in [-0.15, -0.1) is 0 Å². The number of ketones is 1. The number of carbonyl (C=O) groups excluding carboxylic acids is 3. The molecule has 0 spiro atoms. The number of esters is 1. The summed E-state index contributed by atoms with van der Waals surface area (Å²) in [5, 5.41) is 5.00. The highest BCUT2D eigenvalue weighted by atomic mass is 16.6. The number of nitrogens with one attached hydrogen (secondary N) is 1. The number of ether oxygens (including phenoxy) is 2. The highest BCUT2D eigenvalue weighted by Gasteiger charge is 2.14. The van der Waals surface area contributed by atoms with Gasteiger partial charge in [-0.1, -0.05) is 42.5 Å². The van der Waals surface area contributed by atoms with Crippen LogP contribution in [-0.4, -0.2) is 30.9 Å². The second kappa shape index (κ2) is 9.69. The Balaban J connectivity index is 1.46. The van der Waals surface area contributed by atoms with Crippen LogP contribution in [0.1, 0.15) is 35.8 Å². The lowest BCUT2D eigenvalue weighted by molar-refractivity contribution is -0.150. The molecule has 154 valence electrons. The summed E-state index contributed by atoms with van der Waals surface area (Å²) in [5.74, 6) is -0.663. The van der Waals surface area contributed by atoms with Gasteiger partial charge in [-0.2, -0.15) is 0 Å². The highest BCUT2D eigenvalue weighted by Crippen LogP contribution is 2.23. The fourth-order valence-corrected chi connectivity index (χ4v) is 3.10. The molecule has 0 unspecified atom stereocenters. The van der Waals surface area contributed by atoms with Crippen molar-refractivity contribution < 1.29 is 23.9 Å². The van der Waals surface area contributed by atoms with E-state index in [1.807, 2.05) is 49.4 Å². The molecule has 1 N–H and O–H groups in total. The first kappa shape index (κ1) is 21.0. The Kier molecular flexibility index (Phi) is 6.80. The van der Waals surface area contributed by atoms with Crippen LogP contribution >= 0.6 is 0 Å². The van der Waals surface area contributed by atoms with Gasteiger partial charge in [-0.25, -0.2) is 4.79 Å². The predicted molar refractivity (Wildman–Crippen MR) is 113 cm³/mol. The highest BCUT2D eigenvalue weighted by molar-refractivity contribution is 5.94. The number of amides is 1.